The molecular formula is C17H26N2O. The van der Waals surface area contributed by atoms with Crippen LogP contribution in [0.1, 0.15) is 51.3 Å². The first-order chi connectivity index (χ1) is 9.39. The Bertz CT molecular complexity index is 474. The van der Waals surface area contributed by atoms with Gasteiger partial charge in [0.1, 0.15) is 5.75 Å². The number of hydrogen-bond donors (Lipinski definition) is 1. The second-order valence-corrected chi connectivity index (χ2v) is 5.90. The number of aryl methyl sites for hydroxylation is 1. The van der Waals surface area contributed by atoms with Crippen LogP contribution in [-0.2, 0) is 0 Å². The summed E-state index contributed by atoms with van der Waals surface area (Å²) in [6, 6.07) is 8.94. The van der Waals surface area contributed by atoms with Crippen molar-refractivity contribution in [1.82, 2.24) is 5.32 Å². The van der Waals surface area contributed by atoms with Gasteiger partial charge in [-0.1, -0.05) is 19.1 Å². The molecule has 0 heterocycles. The molecule has 1 unspecified atom stereocenters. The number of nitrogens with one attached hydrogen (secondary N) is 1. The maximum absolute atomic E-state index is 8.98. The quantitative estimate of drug-likeness (QED) is 0.818. The normalized spacial score (nSPS) is 12.8. The van der Waals surface area contributed by atoms with Gasteiger partial charge in [-0.3, -0.25) is 0 Å². The zero-order valence-corrected chi connectivity index (χ0v) is 13.3. The number of ether oxygens (including phenoxy) is 1. The third-order valence-electron chi connectivity index (χ3n) is 3.50. The average Bonchev–Trinajstić information content (AvgIpc) is 2.40. The van der Waals surface area contributed by atoms with Gasteiger partial charge >= 0.3 is 0 Å². The molecule has 0 amide bonds. The van der Waals surface area contributed by atoms with E-state index in [4.69, 9.17) is 10.00 Å². The Morgan fingerprint density at radius 2 is 2.10 bits per heavy atom. The Hall–Kier alpha value is -1.53. The van der Waals surface area contributed by atoms with Crippen LogP contribution < -0.4 is 10.1 Å². The van der Waals surface area contributed by atoms with Crippen molar-refractivity contribution in [3.63, 3.8) is 0 Å². The molecule has 110 valence electrons. The number of rotatable bonds is 7. The highest BCUT2D eigenvalue weighted by Gasteiger charge is 2.16. The molecule has 0 aliphatic heterocycles. The van der Waals surface area contributed by atoms with Gasteiger partial charge in [0.25, 0.3) is 0 Å². The van der Waals surface area contributed by atoms with E-state index >= 15 is 0 Å². The minimum atomic E-state index is -0.326. The smallest absolute Gasteiger partial charge is 0.122 e. The number of benzene rings is 1. The maximum Gasteiger partial charge on any atom is 0.122 e. The van der Waals surface area contributed by atoms with Crippen LogP contribution in [0.2, 0.25) is 0 Å². The van der Waals surface area contributed by atoms with E-state index in [-0.39, 0.29) is 5.41 Å². The average molecular weight is 274 g/mol. The minimum absolute atomic E-state index is 0.326. The molecule has 0 spiro atoms. The number of nitrogens with zero attached hydrogens (tertiary/aromatic N) is 1. The molecule has 1 aromatic rings. The van der Waals surface area contributed by atoms with E-state index in [0.29, 0.717) is 12.6 Å². The van der Waals surface area contributed by atoms with Crippen LogP contribution in [0.25, 0.3) is 0 Å². The summed E-state index contributed by atoms with van der Waals surface area (Å²) in [4.78, 5) is 0. The molecule has 0 aliphatic rings. The maximum atomic E-state index is 8.98. The lowest BCUT2D eigenvalue weighted by Crippen LogP contribution is -2.17. The molecule has 0 bridgehead atoms. The molecule has 0 radical (unpaired) electrons. The fourth-order valence-electron chi connectivity index (χ4n) is 2.00. The van der Waals surface area contributed by atoms with Gasteiger partial charge in [0.2, 0.25) is 0 Å². The fraction of sp³-hybridized carbons (Fsp3) is 0.588. The van der Waals surface area contributed by atoms with E-state index in [9.17, 15) is 0 Å². The molecule has 3 nitrogen and oxygen atoms in total. The first-order valence-electron chi connectivity index (χ1n) is 7.27. The Morgan fingerprint density at radius 1 is 1.40 bits per heavy atom. The Kier molecular flexibility index (Phi) is 6.04. The van der Waals surface area contributed by atoms with Gasteiger partial charge in [0.05, 0.1) is 18.1 Å². The monoisotopic (exact) mass is 274 g/mol. The van der Waals surface area contributed by atoms with Crippen LogP contribution >= 0.6 is 0 Å². The fourth-order valence-corrected chi connectivity index (χ4v) is 2.00. The Balaban J connectivity index is 2.63. The summed E-state index contributed by atoms with van der Waals surface area (Å²) in [7, 11) is 0. The lowest BCUT2D eigenvalue weighted by atomic mass is 9.92. The van der Waals surface area contributed by atoms with Gasteiger partial charge in [-0.2, -0.15) is 5.26 Å². The summed E-state index contributed by atoms with van der Waals surface area (Å²) < 4.78 is 5.80. The first-order valence-corrected chi connectivity index (χ1v) is 7.27. The molecule has 0 saturated heterocycles. The van der Waals surface area contributed by atoms with E-state index in [1.807, 2.05) is 19.9 Å². The summed E-state index contributed by atoms with van der Waals surface area (Å²) in [6.07, 6.45) is 0.735. The van der Waals surface area contributed by atoms with Crippen molar-refractivity contribution < 1.29 is 4.74 Å². The summed E-state index contributed by atoms with van der Waals surface area (Å²) in [5.41, 5.74) is 2.09. The van der Waals surface area contributed by atoms with Crippen LogP contribution in [0.3, 0.4) is 0 Å². The van der Waals surface area contributed by atoms with Crippen molar-refractivity contribution in [3.8, 4) is 11.8 Å². The van der Waals surface area contributed by atoms with Crippen molar-refractivity contribution in [1.29, 1.82) is 5.26 Å². The van der Waals surface area contributed by atoms with Gasteiger partial charge in [-0.25, -0.2) is 0 Å². The van der Waals surface area contributed by atoms with Gasteiger partial charge in [0.15, 0.2) is 0 Å². The highest BCUT2D eigenvalue weighted by molar-refractivity contribution is 5.37. The molecule has 0 aromatic heterocycles. The third kappa shape index (κ3) is 4.86. The topological polar surface area (TPSA) is 45.0 Å². The minimum Gasteiger partial charge on any atom is -0.493 e. The predicted octanol–water partition coefficient (Wildman–Crippen LogP) is 3.98. The van der Waals surface area contributed by atoms with E-state index < -0.39 is 0 Å². The molecule has 3 heteroatoms. The van der Waals surface area contributed by atoms with Crippen molar-refractivity contribution in [2.75, 3.05) is 13.2 Å². The largest absolute Gasteiger partial charge is 0.493 e. The highest BCUT2D eigenvalue weighted by Crippen LogP contribution is 2.24. The van der Waals surface area contributed by atoms with Crippen LogP contribution in [-0.4, -0.2) is 13.2 Å². The van der Waals surface area contributed by atoms with E-state index in [1.54, 1.807) is 0 Å². The summed E-state index contributed by atoms with van der Waals surface area (Å²) in [5.74, 6) is 0.909. The zero-order valence-electron chi connectivity index (χ0n) is 13.3. The van der Waals surface area contributed by atoms with E-state index in [0.717, 1.165) is 24.3 Å². The molecular weight excluding hydrogens is 248 g/mol. The second-order valence-electron chi connectivity index (χ2n) is 5.90. The van der Waals surface area contributed by atoms with Gasteiger partial charge in [-0.05, 0) is 57.9 Å². The zero-order chi connectivity index (χ0) is 15.2. The van der Waals surface area contributed by atoms with Crippen LogP contribution in [0.4, 0.5) is 0 Å². The molecule has 1 aromatic carbocycles. The molecule has 1 N–H and O–H groups in total. The molecule has 1 atom stereocenters. The van der Waals surface area contributed by atoms with E-state index in [1.165, 1.54) is 5.56 Å². The number of nitriles is 1. The SMILES string of the molecule is CCNC(C)c1ccc(OCCC(C)(C)C#N)c(C)c1. The predicted molar refractivity (Wildman–Crippen MR) is 82.8 cm³/mol. The summed E-state index contributed by atoms with van der Waals surface area (Å²) in [5, 5.41) is 12.4. The standard InChI is InChI=1S/C17H26N2O/c1-6-19-14(3)15-7-8-16(13(2)11-15)20-10-9-17(4,5)12-18/h7-8,11,14,19H,6,9-10H2,1-5H3. The van der Waals surface area contributed by atoms with Crippen LogP contribution in [0, 0.1) is 23.7 Å². The van der Waals surface area contributed by atoms with Gasteiger partial charge < -0.3 is 10.1 Å². The molecule has 20 heavy (non-hydrogen) atoms. The van der Waals surface area contributed by atoms with Crippen LogP contribution in [0.15, 0.2) is 18.2 Å². The van der Waals surface area contributed by atoms with Crippen molar-refractivity contribution >= 4 is 0 Å². The molecule has 0 fully saturated rings. The van der Waals surface area contributed by atoms with Crippen molar-refractivity contribution in [3.05, 3.63) is 29.3 Å². The lowest BCUT2D eigenvalue weighted by molar-refractivity contribution is 0.263. The number of hydrogen-bond acceptors (Lipinski definition) is 3. The Morgan fingerprint density at radius 3 is 2.65 bits per heavy atom. The summed E-state index contributed by atoms with van der Waals surface area (Å²) >= 11 is 0. The second kappa shape index (κ2) is 7.31. The van der Waals surface area contributed by atoms with Gasteiger partial charge in [0, 0.05) is 6.04 Å². The van der Waals surface area contributed by atoms with Crippen LogP contribution in [0.5, 0.6) is 5.75 Å². The van der Waals surface area contributed by atoms with Gasteiger partial charge in [-0.15, -0.1) is 0 Å². The van der Waals surface area contributed by atoms with Crippen molar-refractivity contribution in [2.45, 2.75) is 47.1 Å². The summed E-state index contributed by atoms with van der Waals surface area (Å²) in [6.45, 7) is 11.7. The highest BCUT2D eigenvalue weighted by atomic mass is 16.5. The lowest BCUT2D eigenvalue weighted by Gasteiger charge is -2.18. The first kappa shape index (κ1) is 16.5. The van der Waals surface area contributed by atoms with Crippen molar-refractivity contribution in [2.24, 2.45) is 5.41 Å². The van der Waals surface area contributed by atoms with E-state index in [2.05, 4.69) is 44.3 Å². The molecule has 1 rings (SSSR count). The third-order valence-corrected chi connectivity index (χ3v) is 3.50. The molecule has 0 aliphatic carbocycles. The molecule has 0 saturated carbocycles. The Labute approximate surface area is 123 Å².